The van der Waals surface area contributed by atoms with Crippen LogP contribution in [0.4, 0.5) is 0 Å². The fraction of sp³-hybridized carbons (Fsp3) is 0.297. The van der Waals surface area contributed by atoms with E-state index < -0.39 is 27.4 Å². The lowest BCUT2D eigenvalue weighted by Gasteiger charge is -2.30. The predicted molar refractivity (Wildman–Crippen MR) is 188 cm³/mol. The van der Waals surface area contributed by atoms with Crippen molar-refractivity contribution in [2.45, 2.75) is 42.7 Å². The zero-order valence-electron chi connectivity index (χ0n) is 26.7. The molecule has 0 spiro atoms. The first kappa shape index (κ1) is 35.1. The van der Waals surface area contributed by atoms with E-state index in [1.807, 2.05) is 55.5 Å². The number of sulfone groups is 1. The van der Waals surface area contributed by atoms with Crippen LogP contribution in [-0.4, -0.2) is 63.0 Å². The van der Waals surface area contributed by atoms with Crippen molar-refractivity contribution < 1.29 is 32.5 Å². The zero-order valence-corrected chi connectivity index (χ0v) is 29.1. The Hall–Kier alpha value is -4.19. The molecule has 1 amide bonds. The molecule has 11 heteroatoms. The molecule has 2 N–H and O–H groups in total. The maximum Gasteiger partial charge on any atom is 0.252 e. The Morgan fingerprint density at radius 1 is 0.958 bits per heavy atom. The lowest BCUT2D eigenvalue weighted by atomic mass is 9.85. The Bertz CT molecular complexity index is 1800. The number of aliphatic imine (C=N–C) groups is 1. The summed E-state index contributed by atoms with van der Waals surface area (Å²) in [5.74, 6) is 0.812. The van der Waals surface area contributed by atoms with Crippen molar-refractivity contribution in [1.29, 1.82) is 0 Å². The smallest absolute Gasteiger partial charge is 0.252 e. The molecule has 5 rings (SSSR count). The summed E-state index contributed by atoms with van der Waals surface area (Å²) in [4.78, 5) is 19.6. The molecule has 0 saturated heterocycles. The predicted octanol–water partition coefficient (Wildman–Crippen LogP) is 6.09. The van der Waals surface area contributed by atoms with Gasteiger partial charge in [-0.3, -0.25) is 4.79 Å². The number of benzene rings is 4. The van der Waals surface area contributed by atoms with Gasteiger partial charge in [-0.15, -0.1) is 0 Å². The fourth-order valence-electron chi connectivity index (χ4n) is 5.51. The molecule has 2 atom stereocenters. The SMILES string of the molecule is CCOc1ccccc1CCNC(=O)[C@]1(CCS(=O)(=O)c2ccccc2)N=C(c2ccc(OCCCO)cc2)O[C@@H]1c1ccc(Br)cc1. The van der Waals surface area contributed by atoms with Crippen LogP contribution in [0.3, 0.4) is 0 Å². The lowest BCUT2D eigenvalue weighted by molar-refractivity contribution is -0.129. The second kappa shape index (κ2) is 16.3. The number of para-hydroxylation sites is 1. The van der Waals surface area contributed by atoms with Gasteiger partial charge in [0.1, 0.15) is 11.5 Å². The molecule has 0 aliphatic carbocycles. The molecule has 252 valence electrons. The van der Waals surface area contributed by atoms with Gasteiger partial charge in [-0.1, -0.05) is 64.5 Å². The second-order valence-corrected chi connectivity index (χ2v) is 14.3. The number of amides is 1. The quantitative estimate of drug-likeness (QED) is 0.134. The van der Waals surface area contributed by atoms with Gasteiger partial charge in [-0.2, -0.15) is 0 Å². The molecule has 0 fully saturated rings. The largest absolute Gasteiger partial charge is 0.494 e. The van der Waals surface area contributed by atoms with Crippen molar-refractivity contribution in [1.82, 2.24) is 5.32 Å². The summed E-state index contributed by atoms with van der Waals surface area (Å²) in [5, 5.41) is 12.1. The van der Waals surface area contributed by atoms with Gasteiger partial charge < -0.3 is 24.6 Å². The number of carbonyl (C=O) groups is 1. The first-order valence-corrected chi connectivity index (χ1v) is 18.3. The van der Waals surface area contributed by atoms with Gasteiger partial charge in [-0.05, 0) is 79.1 Å². The van der Waals surface area contributed by atoms with Gasteiger partial charge in [0.15, 0.2) is 21.5 Å². The number of nitrogens with one attached hydrogen (secondary N) is 1. The molecule has 48 heavy (non-hydrogen) atoms. The molecular weight excluding hydrogens is 696 g/mol. The van der Waals surface area contributed by atoms with Crippen LogP contribution in [0, 0.1) is 0 Å². The molecule has 1 aliphatic rings. The number of carbonyl (C=O) groups excluding carboxylic acids is 1. The van der Waals surface area contributed by atoms with Crippen molar-refractivity contribution in [3.05, 3.63) is 124 Å². The summed E-state index contributed by atoms with van der Waals surface area (Å²) in [7, 11) is -3.77. The average molecular weight is 736 g/mol. The molecule has 1 heterocycles. The summed E-state index contributed by atoms with van der Waals surface area (Å²) in [6.07, 6.45) is -0.0354. The molecule has 0 unspecified atom stereocenters. The highest BCUT2D eigenvalue weighted by atomic mass is 79.9. The lowest BCUT2D eigenvalue weighted by Crippen LogP contribution is -2.49. The monoisotopic (exact) mass is 734 g/mol. The molecule has 4 aromatic rings. The highest BCUT2D eigenvalue weighted by molar-refractivity contribution is 9.10. The topological polar surface area (TPSA) is 124 Å². The van der Waals surface area contributed by atoms with Gasteiger partial charge in [0.2, 0.25) is 5.90 Å². The highest BCUT2D eigenvalue weighted by Gasteiger charge is 2.53. The van der Waals surface area contributed by atoms with E-state index in [0.29, 0.717) is 42.9 Å². The van der Waals surface area contributed by atoms with Gasteiger partial charge in [-0.25, -0.2) is 13.4 Å². The zero-order chi connectivity index (χ0) is 34.0. The molecule has 0 saturated carbocycles. The van der Waals surface area contributed by atoms with Crippen LogP contribution >= 0.6 is 15.9 Å². The third-order valence-electron chi connectivity index (χ3n) is 8.01. The molecule has 9 nitrogen and oxygen atoms in total. The minimum atomic E-state index is -3.77. The van der Waals surface area contributed by atoms with Crippen LogP contribution in [0.15, 0.2) is 117 Å². The number of halogens is 1. The standard InChI is InChI=1S/C37H39BrN2O7S/c1-2-45-33-12-7-6-9-27(33)21-23-39-36(42)37(22-26-48(43,44)32-10-4-3-5-11-32)34(28-13-17-30(38)18-14-28)47-35(40-37)29-15-19-31(20-16-29)46-25-8-24-41/h3-7,9-20,34,41H,2,8,21-26H2,1H3,(H,39,42)/t34-,37-/m1/s1. The third kappa shape index (κ3) is 8.44. The maximum atomic E-state index is 14.5. The van der Waals surface area contributed by atoms with E-state index in [-0.39, 0.29) is 36.1 Å². The van der Waals surface area contributed by atoms with Crippen LogP contribution in [0.1, 0.15) is 42.6 Å². The van der Waals surface area contributed by atoms with E-state index in [1.165, 1.54) is 0 Å². The van der Waals surface area contributed by atoms with Gasteiger partial charge >= 0.3 is 0 Å². The average Bonchev–Trinajstić information content (AvgIpc) is 3.50. The number of nitrogens with zero attached hydrogens (tertiary/aromatic N) is 1. The summed E-state index contributed by atoms with van der Waals surface area (Å²) >= 11 is 3.48. The molecule has 0 radical (unpaired) electrons. The number of aliphatic hydroxyl groups excluding tert-OH is 1. The van der Waals surface area contributed by atoms with Gasteiger partial charge in [0.05, 0.1) is 23.9 Å². The van der Waals surface area contributed by atoms with E-state index >= 15 is 0 Å². The van der Waals surface area contributed by atoms with Crippen molar-refractivity contribution in [3.63, 3.8) is 0 Å². The Morgan fingerprint density at radius 3 is 2.38 bits per heavy atom. The summed E-state index contributed by atoms with van der Waals surface area (Å²) in [6.45, 7) is 3.11. The summed E-state index contributed by atoms with van der Waals surface area (Å²) < 4.78 is 45.9. The number of hydrogen-bond acceptors (Lipinski definition) is 8. The first-order chi connectivity index (χ1) is 23.3. The van der Waals surface area contributed by atoms with Crippen molar-refractivity contribution in [2.75, 3.05) is 32.1 Å². The minimum absolute atomic E-state index is 0.0311. The Morgan fingerprint density at radius 2 is 1.67 bits per heavy atom. The molecular formula is C37H39BrN2O7S. The Kier molecular flexibility index (Phi) is 11.9. The van der Waals surface area contributed by atoms with Gasteiger partial charge in [0.25, 0.3) is 5.91 Å². The maximum absolute atomic E-state index is 14.5. The normalized spacial score (nSPS) is 17.3. The third-order valence-corrected chi connectivity index (χ3v) is 10.3. The van der Waals surface area contributed by atoms with Crippen molar-refractivity contribution >= 4 is 37.6 Å². The van der Waals surface area contributed by atoms with E-state index in [1.54, 1.807) is 54.6 Å². The number of aliphatic hydroxyl groups is 1. The van der Waals surface area contributed by atoms with E-state index in [0.717, 1.165) is 15.8 Å². The molecule has 1 aliphatic heterocycles. The summed E-state index contributed by atoms with van der Waals surface area (Å²) in [5.41, 5.74) is 0.617. The van der Waals surface area contributed by atoms with Crippen molar-refractivity contribution in [2.24, 2.45) is 4.99 Å². The van der Waals surface area contributed by atoms with Crippen LogP contribution < -0.4 is 14.8 Å². The van der Waals surface area contributed by atoms with E-state index in [4.69, 9.17) is 24.3 Å². The van der Waals surface area contributed by atoms with Crippen LogP contribution in [0.5, 0.6) is 11.5 Å². The highest BCUT2D eigenvalue weighted by Crippen LogP contribution is 2.43. The first-order valence-electron chi connectivity index (χ1n) is 15.9. The van der Waals surface area contributed by atoms with Crippen LogP contribution in [0.25, 0.3) is 0 Å². The molecule has 4 aromatic carbocycles. The number of rotatable bonds is 16. The summed E-state index contributed by atoms with van der Waals surface area (Å²) in [6, 6.07) is 30.4. The van der Waals surface area contributed by atoms with E-state index in [2.05, 4.69) is 21.2 Å². The Labute approximate surface area is 290 Å². The molecule has 0 bridgehead atoms. The van der Waals surface area contributed by atoms with Crippen molar-refractivity contribution in [3.8, 4) is 11.5 Å². The minimum Gasteiger partial charge on any atom is -0.494 e. The molecule has 0 aromatic heterocycles. The number of hydrogen-bond donors (Lipinski definition) is 2. The van der Waals surface area contributed by atoms with E-state index in [9.17, 15) is 13.2 Å². The van der Waals surface area contributed by atoms with Crippen LogP contribution in [-0.2, 0) is 25.8 Å². The Balaban J connectivity index is 1.51. The number of ether oxygens (including phenoxy) is 3. The fourth-order valence-corrected chi connectivity index (χ4v) is 7.17. The van der Waals surface area contributed by atoms with Gasteiger partial charge in [0, 0.05) is 36.0 Å². The second-order valence-electron chi connectivity index (χ2n) is 11.3. The van der Waals surface area contributed by atoms with Crippen LogP contribution in [0.2, 0.25) is 0 Å².